The van der Waals surface area contributed by atoms with E-state index in [4.69, 9.17) is 4.74 Å². The lowest BCUT2D eigenvalue weighted by molar-refractivity contribution is 0.0334. The van der Waals surface area contributed by atoms with Crippen molar-refractivity contribution in [1.29, 1.82) is 0 Å². The Kier molecular flexibility index (Phi) is 5.53. The molecular weight excluding hydrogens is 396 g/mol. The molecule has 0 aliphatic heterocycles. The van der Waals surface area contributed by atoms with Gasteiger partial charge in [0.25, 0.3) is 11.5 Å². The minimum Gasteiger partial charge on any atom is -0.439 e. The summed E-state index contributed by atoms with van der Waals surface area (Å²) in [6.45, 7) is -0.424. The topological polar surface area (TPSA) is 94.4 Å². The first kappa shape index (κ1) is 20.0. The number of benzene rings is 3. The maximum atomic E-state index is 13.0. The fraction of sp³-hybridized carbons (Fsp3) is 0.0870. The molecule has 154 valence electrons. The molecule has 31 heavy (non-hydrogen) atoms. The van der Waals surface area contributed by atoms with Crippen LogP contribution in [-0.2, 0) is 11.5 Å². The Hall–Kier alpha value is -4.33. The molecule has 4 rings (SSSR count). The van der Waals surface area contributed by atoms with E-state index in [1.807, 2.05) is 18.2 Å². The Labute approximate surface area is 177 Å². The van der Waals surface area contributed by atoms with Crippen molar-refractivity contribution in [2.45, 2.75) is 6.73 Å². The number of nitrogens with zero attached hydrogens (tertiary/aromatic N) is 4. The van der Waals surface area contributed by atoms with Crippen LogP contribution in [0.25, 0.3) is 10.9 Å². The Bertz CT molecular complexity index is 1320. The molecule has 0 spiro atoms. The van der Waals surface area contributed by atoms with Gasteiger partial charge in [-0.15, -0.1) is 5.10 Å². The molecule has 0 aliphatic rings. The summed E-state index contributed by atoms with van der Waals surface area (Å²) in [6, 6.07) is 22.2. The van der Waals surface area contributed by atoms with E-state index < -0.39 is 18.3 Å². The highest BCUT2D eigenvalue weighted by molar-refractivity contribution is 6.11. The molecule has 0 unspecified atom stereocenters. The predicted molar refractivity (Wildman–Crippen MR) is 115 cm³/mol. The van der Waals surface area contributed by atoms with Gasteiger partial charge >= 0.3 is 5.97 Å². The molecule has 8 heteroatoms. The van der Waals surface area contributed by atoms with E-state index in [2.05, 4.69) is 10.3 Å². The molecule has 0 N–H and O–H groups in total. The molecule has 0 saturated heterocycles. The molecule has 1 amide bonds. The number of hydrogen-bond donors (Lipinski definition) is 0. The molecule has 1 heterocycles. The molecule has 0 saturated carbocycles. The second-order valence-corrected chi connectivity index (χ2v) is 6.72. The van der Waals surface area contributed by atoms with Gasteiger partial charge in [0.1, 0.15) is 5.52 Å². The Morgan fingerprint density at radius 1 is 0.903 bits per heavy atom. The zero-order valence-corrected chi connectivity index (χ0v) is 16.6. The summed E-state index contributed by atoms with van der Waals surface area (Å²) in [4.78, 5) is 39.7. The third-order valence-electron chi connectivity index (χ3n) is 4.77. The van der Waals surface area contributed by atoms with Crippen molar-refractivity contribution in [3.8, 4) is 0 Å². The fourth-order valence-corrected chi connectivity index (χ4v) is 3.10. The number of carbonyl (C=O) groups excluding carboxylic acids is 2. The number of rotatable bonds is 5. The monoisotopic (exact) mass is 414 g/mol. The largest absolute Gasteiger partial charge is 0.439 e. The molecule has 3 aromatic carbocycles. The Morgan fingerprint density at radius 2 is 1.55 bits per heavy atom. The second kappa shape index (κ2) is 8.58. The molecule has 0 radical (unpaired) electrons. The minimum atomic E-state index is -0.743. The first-order chi connectivity index (χ1) is 15.1. The summed E-state index contributed by atoms with van der Waals surface area (Å²) >= 11 is 0. The average molecular weight is 414 g/mol. The van der Waals surface area contributed by atoms with Gasteiger partial charge in [0, 0.05) is 12.7 Å². The number of fused-ring (bicyclic) bond motifs is 1. The van der Waals surface area contributed by atoms with E-state index in [0.717, 1.165) is 4.68 Å². The van der Waals surface area contributed by atoms with E-state index in [1.165, 1.54) is 11.0 Å². The number of ether oxygens (including phenoxy) is 1. The maximum Gasteiger partial charge on any atom is 0.340 e. The summed E-state index contributed by atoms with van der Waals surface area (Å²) in [7, 11) is 1.63. The first-order valence-corrected chi connectivity index (χ1v) is 9.48. The predicted octanol–water partition coefficient (Wildman–Crippen LogP) is 2.88. The standard InChI is InChI=1S/C23H18N4O4/c1-26(16-9-3-2-4-10-16)21(28)17-11-5-6-12-18(17)23(30)31-15-27-22(29)19-13-7-8-14-20(19)24-25-27/h2-14H,15H2,1H3. The quantitative estimate of drug-likeness (QED) is 0.466. The van der Waals surface area contributed by atoms with E-state index >= 15 is 0 Å². The van der Waals surface area contributed by atoms with Crippen molar-refractivity contribution in [1.82, 2.24) is 15.0 Å². The van der Waals surface area contributed by atoms with Gasteiger partial charge in [-0.05, 0) is 36.4 Å². The van der Waals surface area contributed by atoms with E-state index in [9.17, 15) is 14.4 Å². The summed E-state index contributed by atoms with van der Waals surface area (Å²) < 4.78 is 6.23. The Morgan fingerprint density at radius 3 is 2.32 bits per heavy atom. The summed E-state index contributed by atoms with van der Waals surface area (Å²) in [5, 5.41) is 8.12. The first-order valence-electron chi connectivity index (χ1n) is 9.48. The zero-order chi connectivity index (χ0) is 21.8. The van der Waals surface area contributed by atoms with Crippen molar-refractivity contribution in [3.63, 3.8) is 0 Å². The fourth-order valence-electron chi connectivity index (χ4n) is 3.10. The highest BCUT2D eigenvalue weighted by Crippen LogP contribution is 2.18. The summed E-state index contributed by atoms with van der Waals surface area (Å²) in [6.07, 6.45) is 0. The summed E-state index contributed by atoms with van der Waals surface area (Å²) in [5.41, 5.74) is 1.00. The third kappa shape index (κ3) is 4.04. The number of amides is 1. The van der Waals surface area contributed by atoms with E-state index in [-0.39, 0.29) is 17.0 Å². The Balaban J connectivity index is 1.56. The van der Waals surface area contributed by atoms with Crippen LogP contribution in [0.4, 0.5) is 5.69 Å². The van der Waals surface area contributed by atoms with Gasteiger partial charge < -0.3 is 9.64 Å². The molecule has 0 bridgehead atoms. The maximum absolute atomic E-state index is 13.0. The van der Waals surface area contributed by atoms with Crippen LogP contribution in [-0.4, -0.2) is 33.9 Å². The average Bonchev–Trinajstić information content (AvgIpc) is 2.83. The van der Waals surface area contributed by atoms with Crippen molar-refractivity contribution >= 4 is 28.5 Å². The molecule has 1 aromatic heterocycles. The van der Waals surface area contributed by atoms with Gasteiger partial charge in [0.2, 0.25) is 0 Å². The summed E-state index contributed by atoms with van der Waals surface area (Å²) in [5.74, 6) is -1.10. The molecule has 4 aromatic rings. The van der Waals surface area contributed by atoms with Crippen LogP contribution in [0.15, 0.2) is 83.7 Å². The van der Waals surface area contributed by atoms with Crippen LogP contribution in [0.3, 0.4) is 0 Å². The van der Waals surface area contributed by atoms with Crippen LogP contribution in [0.5, 0.6) is 0 Å². The minimum absolute atomic E-state index is 0.0945. The van der Waals surface area contributed by atoms with Crippen LogP contribution in [0.1, 0.15) is 20.7 Å². The third-order valence-corrected chi connectivity index (χ3v) is 4.77. The lowest BCUT2D eigenvalue weighted by Crippen LogP contribution is -2.29. The number of esters is 1. The van der Waals surface area contributed by atoms with Crippen LogP contribution < -0.4 is 10.5 Å². The number of aromatic nitrogens is 3. The highest BCUT2D eigenvalue weighted by atomic mass is 16.5. The number of carbonyl (C=O) groups is 2. The van der Waals surface area contributed by atoms with Gasteiger partial charge in [-0.25, -0.2) is 4.79 Å². The molecule has 8 nitrogen and oxygen atoms in total. The normalized spacial score (nSPS) is 10.6. The second-order valence-electron chi connectivity index (χ2n) is 6.72. The van der Waals surface area contributed by atoms with Crippen molar-refractivity contribution < 1.29 is 14.3 Å². The van der Waals surface area contributed by atoms with Gasteiger partial charge in [0.05, 0.1) is 16.5 Å². The van der Waals surface area contributed by atoms with Crippen LogP contribution >= 0.6 is 0 Å². The van der Waals surface area contributed by atoms with Crippen molar-refractivity contribution in [2.24, 2.45) is 0 Å². The number of hydrogen-bond acceptors (Lipinski definition) is 6. The SMILES string of the molecule is CN(C(=O)c1ccccc1C(=O)OCn1nnc2ccccc2c1=O)c1ccccc1. The van der Waals surface area contributed by atoms with E-state index in [0.29, 0.717) is 16.6 Å². The zero-order valence-electron chi connectivity index (χ0n) is 16.6. The van der Waals surface area contributed by atoms with Gasteiger partial charge in [-0.2, -0.15) is 4.68 Å². The van der Waals surface area contributed by atoms with Crippen molar-refractivity contribution in [3.05, 3.63) is 100 Å². The van der Waals surface area contributed by atoms with Crippen LogP contribution in [0.2, 0.25) is 0 Å². The highest BCUT2D eigenvalue weighted by Gasteiger charge is 2.21. The molecule has 0 fully saturated rings. The van der Waals surface area contributed by atoms with Gasteiger partial charge in [-0.3, -0.25) is 9.59 Å². The van der Waals surface area contributed by atoms with Crippen LogP contribution in [0, 0.1) is 0 Å². The molecular formula is C23H18N4O4. The number of anilines is 1. The van der Waals surface area contributed by atoms with Gasteiger partial charge in [0.15, 0.2) is 6.73 Å². The van der Waals surface area contributed by atoms with E-state index in [1.54, 1.807) is 61.6 Å². The van der Waals surface area contributed by atoms with Gasteiger partial charge in [-0.1, -0.05) is 47.7 Å². The lowest BCUT2D eigenvalue weighted by Gasteiger charge is -2.18. The smallest absolute Gasteiger partial charge is 0.340 e. The molecule has 0 atom stereocenters. The molecule has 0 aliphatic carbocycles. The lowest BCUT2D eigenvalue weighted by atomic mass is 10.1. The van der Waals surface area contributed by atoms with Crippen molar-refractivity contribution in [2.75, 3.05) is 11.9 Å². The number of para-hydroxylation sites is 1.